The van der Waals surface area contributed by atoms with Crippen LogP contribution in [-0.2, 0) is 10.0 Å². The summed E-state index contributed by atoms with van der Waals surface area (Å²) in [5.74, 6) is 1.20. The van der Waals surface area contributed by atoms with E-state index in [1.807, 2.05) is 18.7 Å². The molecule has 19 heavy (non-hydrogen) atoms. The van der Waals surface area contributed by atoms with Gasteiger partial charge in [0.1, 0.15) is 0 Å². The number of nitrogens with zero attached hydrogens (tertiary/aromatic N) is 1. The Morgan fingerprint density at radius 1 is 1.42 bits per heavy atom. The first-order valence-corrected chi connectivity index (χ1v) is 10.3. The molecule has 6 heteroatoms. The van der Waals surface area contributed by atoms with Crippen LogP contribution < -0.4 is 0 Å². The second kappa shape index (κ2) is 7.11. The van der Waals surface area contributed by atoms with Crippen LogP contribution in [0.4, 0.5) is 0 Å². The molecule has 0 radical (unpaired) electrons. The molecule has 0 spiro atoms. The van der Waals surface area contributed by atoms with Crippen molar-refractivity contribution in [2.24, 2.45) is 0 Å². The van der Waals surface area contributed by atoms with E-state index in [0.29, 0.717) is 24.1 Å². The second-order valence-corrected chi connectivity index (χ2v) is 9.11. The lowest BCUT2D eigenvalue weighted by molar-refractivity contribution is 0.427. The molecule has 1 unspecified atom stereocenters. The van der Waals surface area contributed by atoms with E-state index in [-0.39, 0.29) is 0 Å². The maximum Gasteiger partial charge on any atom is 0.214 e. The molecule has 1 aliphatic heterocycles. The first kappa shape index (κ1) is 15.4. The number of rotatable bonds is 5. The Balaban J connectivity index is 1.97. The average molecular weight is 320 g/mol. The van der Waals surface area contributed by atoms with Gasteiger partial charge in [-0.1, -0.05) is 19.4 Å². The summed E-state index contributed by atoms with van der Waals surface area (Å²) in [4.78, 5) is 1.37. The molecule has 0 N–H and O–H groups in total. The highest BCUT2D eigenvalue weighted by atomic mass is 32.2. The van der Waals surface area contributed by atoms with Gasteiger partial charge in [-0.05, 0) is 24.3 Å². The van der Waals surface area contributed by atoms with E-state index in [1.54, 1.807) is 15.6 Å². The molecule has 0 aliphatic carbocycles. The van der Waals surface area contributed by atoms with Gasteiger partial charge in [0, 0.05) is 29.0 Å². The minimum absolute atomic E-state index is 0.303. The van der Waals surface area contributed by atoms with Gasteiger partial charge in [-0.3, -0.25) is 0 Å². The fourth-order valence-corrected chi connectivity index (χ4v) is 6.20. The predicted molar refractivity (Wildman–Crippen MR) is 84.4 cm³/mol. The molecule has 1 fully saturated rings. The fraction of sp³-hybridized carbons (Fsp3) is 0.692. The molecule has 0 bridgehead atoms. The van der Waals surface area contributed by atoms with Crippen molar-refractivity contribution in [1.82, 2.24) is 4.31 Å². The van der Waals surface area contributed by atoms with Crippen molar-refractivity contribution in [3.05, 3.63) is 22.4 Å². The van der Waals surface area contributed by atoms with Gasteiger partial charge in [-0.2, -0.15) is 11.8 Å². The van der Waals surface area contributed by atoms with Crippen LogP contribution in [0.3, 0.4) is 0 Å². The first-order chi connectivity index (χ1) is 9.13. The zero-order valence-electron chi connectivity index (χ0n) is 11.2. The smallest absolute Gasteiger partial charge is 0.212 e. The van der Waals surface area contributed by atoms with E-state index in [2.05, 4.69) is 17.5 Å². The third kappa shape index (κ3) is 4.21. The third-order valence-corrected chi connectivity index (χ3v) is 7.71. The third-order valence-electron chi connectivity index (χ3n) is 3.31. The monoisotopic (exact) mass is 319 g/mol. The van der Waals surface area contributed by atoms with Crippen LogP contribution in [0.15, 0.2) is 17.5 Å². The van der Waals surface area contributed by atoms with Gasteiger partial charge in [0.15, 0.2) is 0 Å². The lowest BCUT2D eigenvalue weighted by atomic mass is 10.2. The molecule has 1 aliphatic rings. The van der Waals surface area contributed by atoms with Crippen molar-refractivity contribution in [2.75, 3.05) is 24.6 Å². The van der Waals surface area contributed by atoms with Gasteiger partial charge in [-0.25, -0.2) is 12.7 Å². The molecule has 108 valence electrons. The quantitative estimate of drug-likeness (QED) is 0.835. The molecule has 1 saturated heterocycles. The van der Waals surface area contributed by atoms with Crippen LogP contribution in [0.25, 0.3) is 0 Å². The zero-order chi connectivity index (χ0) is 13.7. The molecule has 1 aromatic rings. The summed E-state index contributed by atoms with van der Waals surface area (Å²) in [5, 5.41) is 2.56. The Labute approximate surface area is 124 Å². The highest BCUT2D eigenvalue weighted by Crippen LogP contribution is 2.37. The maximum atomic E-state index is 12.2. The van der Waals surface area contributed by atoms with E-state index in [9.17, 15) is 8.42 Å². The molecule has 1 atom stereocenters. The summed E-state index contributed by atoms with van der Waals surface area (Å²) in [5.41, 5.74) is 0. The number of hydrogen-bond donors (Lipinski definition) is 0. The van der Waals surface area contributed by atoms with Gasteiger partial charge in [0.25, 0.3) is 0 Å². The largest absolute Gasteiger partial charge is 0.214 e. The molecule has 0 saturated carbocycles. The predicted octanol–water partition coefficient (Wildman–Crippen LogP) is 3.36. The Bertz CT molecular complexity index is 470. The standard InChI is InChI=1S/C13H21NO2S3/c1-2-3-11-19(15,16)14-7-6-13(18-10-8-14)12-5-4-9-17-12/h4-5,9,13H,2-3,6-8,10-11H2,1H3. The zero-order valence-corrected chi connectivity index (χ0v) is 13.7. The van der Waals surface area contributed by atoms with Crippen molar-refractivity contribution in [3.8, 4) is 0 Å². The number of thioether (sulfide) groups is 1. The molecular weight excluding hydrogens is 298 g/mol. The van der Waals surface area contributed by atoms with Crippen molar-refractivity contribution < 1.29 is 8.42 Å². The van der Waals surface area contributed by atoms with Crippen molar-refractivity contribution >= 4 is 33.1 Å². The SMILES string of the molecule is CCCCS(=O)(=O)N1CCSC(c2cccs2)CC1. The summed E-state index contributed by atoms with van der Waals surface area (Å²) in [6.45, 7) is 3.36. The minimum Gasteiger partial charge on any atom is -0.212 e. The van der Waals surface area contributed by atoms with Crippen LogP contribution in [0.5, 0.6) is 0 Å². The summed E-state index contributed by atoms with van der Waals surface area (Å²) < 4.78 is 26.1. The lowest BCUT2D eigenvalue weighted by Gasteiger charge is -2.19. The topological polar surface area (TPSA) is 37.4 Å². The van der Waals surface area contributed by atoms with Crippen LogP contribution >= 0.6 is 23.1 Å². The molecular formula is C13H21NO2S3. The van der Waals surface area contributed by atoms with Crippen LogP contribution in [0.2, 0.25) is 0 Å². The molecule has 0 amide bonds. The molecule has 3 nitrogen and oxygen atoms in total. The van der Waals surface area contributed by atoms with Gasteiger partial charge in [0.05, 0.1) is 5.75 Å². The van der Waals surface area contributed by atoms with Crippen LogP contribution in [0, 0.1) is 0 Å². The van der Waals surface area contributed by atoms with Gasteiger partial charge < -0.3 is 0 Å². The number of thiophene rings is 1. The molecule has 2 rings (SSSR count). The van der Waals surface area contributed by atoms with E-state index >= 15 is 0 Å². The fourth-order valence-electron chi connectivity index (χ4n) is 2.19. The van der Waals surface area contributed by atoms with Gasteiger partial charge in [-0.15, -0.1) is 11.3 Å². The van der Waals surface area contributed by atoms with Crippen molar-refractivity contribution in [3.63, 3.8) is 0 Å². The summed E-state index contributed by atoms with van der Waals surface area (Å²) in [6.07, 6.45) is 2.62. The molecule has 2 heterocycles. The summed E-state index contributed by atoms with van der Waals surface area (Å²) in [7, 11) is -3.04. The lowest BCUT2D eigenvalue weighted by Crippen LogP contribution is -2.34. The minimum atomic E-state index is -3.04. The van der Waals surface area contributed by atoms with Crippen molar-refractivity contribution in [2.45, 2.75) is 31.4 Å². The van der Waals surface area contributed by atoms with E-state index in [4.69, 9.17) is 0 Å². The number of hydrogen-bond acceptors (Lipinski definition) is 4. The van der Waals surface area contributed by atoms with Crippen LogP contribution in [0.1, 0.15) is 36.3 Å². The van der Waals surface area contributed by atoms with E-state index < -0.39 is 10.0 Å². The molecule has 1 aromatic heterocycles. The number of unbranched alkanes of at least 4 members (excludes halogenated alkanes) is 1. The molecule has 0 aromatic carbocycles. The highest BCUT2D eigenvalue weighted by Gasteiger charge is 2.26. The summed E-state index contributed by atoms with van der Waals surface area (Å²) >= 11 is 3.66. The average Bonchev–Trinajstić information content (AvgIpc) is 2.80. The Hall–Kier alpha value is -0.0400. The van der Waals surface area contributed by atoms with Gasteiger partial charge in [0.2, 0.25) is 10.0 Å². The second-order valence-electron chi connectivity index (χ2n) is 4.73. The Kier molecular flexibility index (Phi) is 5.74. The summed E-state index contributed by atoms with van der Waals surface area (Å²) in [6, 6.07) is 4.23. The first-order valence-electron chi connectivity index (χ1n) is 6.76. The Morgan fingerprint density at radius 2 is 2.26 bits per heavy atom. The van der Waals surface area contributed by atoms with Crippen LogP contribution in [-0.4, -0.2) is 37.3 Å². The van der Waals surface area contributed by atoms with Crippen molar-refractivity contribution in [1.29, 1.82) is 0 Å². The maximum absolute atomic E-state index is 12.2. The normalized spacial score (nSPS) is 22.3. The number of sulfonamides is 1. The van der Waals surface area contributed by atoms with Gasteiger partial charge >= 0.3 is 0 Å². The van der Waals surface area contributed by atoms with E-state index in [0.717, 1.165) is 25.0 Å². The highest BCUT2D eigenvalue weighted by molar-refractivity contribution is 7.99. The Morgan fingerprint density at radius 3 is 2.95 bits per heavy atom. The van der Waals surface area contributed by atoms with E-state index in [1.165, 1.54) is 4.88 Å².